The lowest BCUT2D eigenvalue weighted by atomic mass is 9.85. The molecule has 1 aliphatic rings. The molecule has 2 rings (SSSR count). The molecule has 0 aromatic heterocycles. The van der Waals surface area contributed by atoms with Crippen LogP contribution in [0.2, 0.25) is 5.02 Å². The van der Waals surface area contributed by atoms with E-state index in [1.54, 1.807) is 31.2 Å². The molecular weight excluding hydrogens is 432 g/mol. The lowest BCUT2D eigenvalue weighted by Crippen LogP contribution is -2.51. The van der Waals surface area contributed by atoms with Crippen LogP contribution in [-0.2, 0) is 19.9 Å². The first-order valence-electron chi connectivity index (χ1n) is 11.1. The Bertz CT molecular complexity index is 860. The van der Waals surface area contributed by atoms with Crippen LogP contribution in [0.25, 0.3) is 0 Å². The van der Waals surface area contributed by atoms with Gasteiger partial charge in [-0.15, -0.1) is 0 Å². The lowest BCUT2D eigenvalue weighted by Gasteiger charge is -2.34. The molecule has 1 aromatic rings. The van der Waals surface area contributed by atoms with Crippen LogP contribution in [-0.4, -0.2) is 58.7 Å². The molecule has 1 fully saturated rings. The van der Waals surface area contributed by atoms with Crippen molar-refractivity contribution in [3.63, 3.8) is 0 Å². The summed E-state index contributed by atoms with van der Waals surface area (Å²) >= 11 is 6.03. The minimum Gasteiger partial charge on any atom is -0.352 e. The first-order chi connectivity index (χ1) is 15.1. The largest absolute Gasteiger partial charge is 0.352 e. The van der Waals surface area contributed by atoms with Crippen molar-refractivity contribution in [3.05, 3.63) is 34.9 Å². The number of carbonyl (C=O) groups is 4. The average molecular weight is 465 g/mol. The van der Waals surface area contributed by atoms with Crippen molar-refractivity contribution in [2.45, 2.75) is 71.5 Å². The molecule has 0 spiro atoms. The van der Waals surface area contributed by atoms with Crippen LogP contribution in [0.3, 0.4) is 0 Å². The lowest BCUT2D eigenvalue weighted by molar-refractivity contribution is -0.137. The quantitative estimate of drug-likeness (QED) is 0.520. The highest BCUT2D eigenvalue weighted by Crippen LogP contribution is 2.40. The van der Waals surface area contributed by atoms with E-state index in [2.05, 4.69) is 10.6 Å². The topological polar surface area (TPSA) is 98.8 Å². The van der Waals surface area contributed by atoms with Crippen molar-refractivity contribution in [1.29, 1.82) is 0 Å². The summed E-state index contributed by atoms with van der Waals surface area (Å²) in [7, 11) is 0. The van der Waals surface area contributed by atoms with Gasteiger partial charge >= 0.3 is 6.03 Å². The molecule has 0 bridgehead atoms. The monoisotopic (exact) mass is 464 g/mol. The molecule has 9 heteroatoms. The number of amides is 5. The highest BCUT2D eigenvalue weighted by Gasteiger charge is 2.58. The summed E-state index contributed by atoms with van der Waals surface area (Å²) in [6, 6.07) is 5.83. The van der Waals surface area contributed by atoms with Gasteiger partial charge in [-0.05, 0) is 50.8 Å². The van der Waals surface area contributed by atoms with Crippen LogP contribution >= 0.6 is 11.6 Å². The number of rotatable bonds is 10. The number of benzene rings is 1. The summed E-state index contributed by atoms with van der Waals surface area (Å²) in [5.74, 6) is -1.31. The Morgan fingerprint density at radius 1 is 0.938 bits per heavy atom. The van der Waals surface area contributed by atoms with Crippen molar-refractivity contribution >= 4 is 35.4 Å². The van der Waals surface area contributed by atoms with E-state index in [4.69, 9.17) is 11.6 Å². The molecule has 1 heterocycles. The number of hydrogen-bond donors (Lipinski definition) is 2. The average Bonchev–Trinajstić information content (AvgIpc) is 2.95. The van der Waals surface area contributed by atoms with Crippen LogP contribution in [0.4, 0.5) is 4.79 Å². The molecule has 0 saturated carbocycles. The number of nitrogens with one attached hydrogen (secondary N) is 2. The predicted octanol–water partition coefficient (Wildman–Crippen LogP) is 3.04. The van der Waals surface area contributed by atoms with Crippen molar-refractivity contribution < 1.29 is 19.2 Å². The van der Waals surface area contributed by atoms with Gasteiger partial charge in [0.15, 0.2) is 0 Å². The fourth-order valence-corrected chi connectivity index (χ4v) is 3.89. The summed E-state index contributed by atoms with van der Waals surface area (Å²) < 4.78 is 0. The highest BCUT2D eigenvalue weighted by molar-refractivity contribution is 6.30. The Labute approximate surface area is 194 Å². The Kier molecular flexibility index (Phi) is 8.66. The number of halogens is 1. The molecule has 1 aliphatic heterocycles. The van der Waals surface area contributed by atoms with Gasteiger partial charge in [-0.3, -0.25) is 24.2 Å². The number of carbonyl (C=O) groups excluding carboxylic acids is 4. The van der Waals surface area contributed by atoms with Gasteiger partial charge < -0.3 is 10.6 Å². The van der Waals surface area contributed by atoms with Crippen LogP contribution < -0.4 is 10.6 Å². The van der Waals surface area contributed by atoms with Crippen LogP contribution in [0.5, 0.6) is 0 Å². The minimum absolute atomic E-state index is 0.0696. The molecule has 5 amide bonds. The normalized spacial score (nSPS) is 20.3. The maximum Gasteiger partial charge on any atom is 0.328 e. The smallest absolute Gasteiger partial charge is 0.328 e. The molecule has 3 atom stereocenters. The Morgan fingerprint density at radius 3 is 1.91 bits per heavy atom. The maximum absolute atomic E-state index is 13.6. The Balaban J connectivity index is 2.44. The van der Waals surface area contributed by atoms with Gasteiger partial charge in [0.1, 0.15) is 18.6 Å². The van der Waals surface area contributed by atoms with Crippen molar-refractivity contribution in [2.24, 2.45) is 0 Å². The van der Waals surface area contributed by atoms with E-state index in [9.17, 15) is 19.2 Å². The minimum atomic E-state index is -1.40. The van der Waals surface area contributed by atoms with Gasteiger partial charge in [0.05, 0.1) is 0 Å². The van der Waals surface area contributed by atoms with E-state index in [0.29, 0.717) is 10.6 Å². The third-order valence-electron chi connectivity index (χ3n) is 6.00. The first-order valence-corrected chi connectivity index (χ1v) is 11.5. The summed E-state index contributed by atoms with van der Waals surface area (Å²) in [6.07, 6.45) is 1.69. The van der Waals surface area contributed by atoms with E-state index in [1.165, 1.54) is 4.90 Å². The first kappa shape index (κ1) is 25.6. The predicted molar refractivity (Wildman–Crippen MR) is 123 cm³/mol. The molecule has 32 heavy (non-hydrogen) atoms. The molecule has 0 aliphatic carbocycles. The van der Waals surface area contributed by atoms with Gasteiger partial charge in [-0.25, -0.2) is 4.79 Å². The Hall–Kier alpha value is -2.61. The number of imide groups is 1. The number of urea groups is 1. The summed E-state index contributed by atoms with van der Waals surface area (Å²) in [6.45, 7) is 8.67. The summed E-state index contributed by atoms with van der Waals surface area (Å²) in [4.78, 5) is 54.4. The van der Waals surface area contributed by atoms with E-state index in [-0.39, 0.29) is 31.0 Å². The second kappa shape index (κ2) is 10.8. The van der Waals surface area contributed by atoms with Gasteiger partial charge in [-0.2, -0.15) is 0 Å². The summed E-state index contributed by atoms with van der Waals surface area (Å²) in [5, 5.41) is 6.11. The van der Waals surface area contributed by atoms with Crippen molar-refractivity contribution in [1.82, 2.24) is 20.4 Å². The SMILES string of the molecule is CCC(C)NC(=O)CN1C(=O)N(CC(=O)NC(C)CC)C(CC)(c2ccc(Cl)cc2)C1=O. The van der Waals surface area contributed by atoms with Gasteiger partial charge in [-0.1, -0.05) is 44.5 Å². The molecule has 176 valence electrons. The molecule has 1 saturated heterocycles. The zero-order valence-corrected chi connectivity index (χ0v) is 20.2. The molecule has 2 N–H and O–H groups in total. The van der Waals surface area contributed by atoms with E-state index < -0.39 is 29.9 Å². The highest BCUT2D eigenvalue weighted by atomic mass is 35.5. The zero-order chi connectivity index (χ0) is 24.1. The number of nitrogens with zero attached hydrogens (tertiary/aromatic N) is 2. The second-order valence-corrected chi connectivity index (χ2v) is 8.67. The fraction of sp³-hybridized carbons (Fsp3) is 0.565. The number of hydrogen-bond acceptors (Lipinski definition) is 4. The maximum atomic E-state index is 13.6. The third kappa shape index (κ3) is 5.23. The van der Waals surface area contributed by atoms with Gasteiger partial charge in [0, 0.05) is 17.1 Å². The van der Waals surface area contributed by atoms with Crippen LogP contribution in [0.1, 0.15) is 59.4 Å². The van der Waals surface area contributed by atoms with Gasteiger partial charge in [0.25, 0.3) is 5.91 Å². The van der Waals surface area contributed by atoms with E-state index in [1.807, 2.05) is 27.7 Å². The zero-order valence-electron chi connectivity index (χ0n) is 19.4. The fourth-order valence-electron chi connectivity index (χ4n) is 3.76. The molecule has 8 nitrogen and oxygen atoms in total. The third-order valence-corrected chi connectivity index (χ3v) is 6.25. The van der Waals surface area contributed by atoms with Crippen LogP contribution in [0.15, 0.2) is 24.3 Å². The standard InChI is InChI=1S/C23H33ClN4O4/c1-6-15(4)25-19(29)13-27-21(31)23(8-3,17-9-11-18(24)12-10-17)28(22(27)32)14-20(30)26-16(5)7-2/h9-12,15-16H,6-8,13-14H2,1-5H3,(H,25,29)(H,26,30). The second-order valence-electron chi connectivity index (χ2n) is 8.23. The van der Waals surface area contributed by atoms with E-state index in [0.717, 1.165) is 17.7 Å². The molecule has 1 aromatic carbocycles. The molecular formula is C23H33ClN4O4. The van der Waals surface area contributed by atoms with Crippen LogP contribution in [0, 0.1) is 0 Å². The van der Waals surface area contributed by atoms with E-state index >= 15 is 0 Å². The Morgan fingerprint density at radius 2 is 1.44 bits per heavy atom. The van der Waals surface area contributed by atoms with Crippen molar-refractivity contribution in [2.75, 3.05) is 13.1 Å². The molecule has 3 unspecified atom stereocenters. The molecule has 0 radical (unpaired) electrons. The van der Waals surface area contributed by atoms with Gasteiger partial charge in [0.2, 0.25) is 11.8 Å². The summed E-state index contributed by atoms with van der Waals surface area (Å²) in [5.41, 5.74) is -0.852. The van der Waals surface area contributed by atoms with Crippen molar-refractivity contribution in [3.8, 4) is 0 Å².